The van der Waals surface area contributed by atoms with Crippen LogP contribution in [0.25, 0.3) is 0 Å². The first kappa shape index (κ1) is 13.2. The van der Waals surface area contributed by atoms with Crippen LogP contribution in [0.1, 0.15) is 16.1 Å². The number of nitrogens with zero attached hydrogens (tertiary/aromatic N) is 2. The number of amides is 1. The van der Waals surface area contributed by atoms with Gasteiger partial charge in [0.1, 0.15) is 11.5 Å². The second-order valence-corrected chi connectivity index (χ2v) is 4.41. The Labute approximate surface area is 121 Å². The lowest BCUT2D eigenvalue weighted by Gasteiger charge is -2.06. The van der Waals surface area contributed by atoms with Gasteiger partial charge in [0.05, 0.1) is 12.4 Å². The van der Waals surface area contributed by atoms with Crippen LogP contribution < -0.4 is 20.1 Å². The van der Waals surface area contributed by atoms with Crippen molar-refractivity contribution in [2.45, 2.75) is 6.54 Å². The van der Waals surface area contributed by atoms with Crippen LogP contribution in [0.4, 0.5) is 5.82 Å². The van der Waals surface area contributed by atoms with Gasteiger partial charge in [-0.3, -0.25) is 4.79 Å². The van der Waals surface area contributed by atoms with Crippen LogP contribution >= 0.6 is 0 Å². The summed E-state index contributed by atoms with van der Waals surface area (Å²) in [5, 5.41) is 5.63. The molecule has 0 saturated carbocycles. The summed E-state index contributed by atoms with van der Waals surface area (Å²) in [6.45, 7) is 0.615. The van der Waals surface area contributed by atoms with Gasteiger partial charge >= 0.3 is 0 Å². The Morgan fingerprint density at radius 3 is 2.86 bits per heavy atom. The van der Waals surface area contributed by atoms with E-state index in [1.165, 1.54) is 12.4 Å². The fourth-order valence-corrected chi connectivity index (χ4v) is 1.90. The molecule has 0 radical (unpaired) electrons. The molecule has 1 aliphatic rings. The first-order valence-corrected chi connectivity index (χ1v) is 6.43. The van der Waals surface area contributed by atoms with Crippen molar-refractivity contribution in [2.75, 3.05) is 19.2 Å². The van der Waals surface area contributed by atoms with Gasteiger partial charge in [-0.25, -0.2) is 9.97 Å². The molecule has 0 bridgehead atoms. The summed E-state index contributed by atoms with van der Waals surface area (Å²) in [5.74, 6) is 1.75. The van der Waals surface area contributed by atoms with Crippen LogP contribution in [0.2, 0.25) is 0 Å². The molecule has 2 heterocycles. The Kier molecular flexibility index (Phi) is 3.55. The predicted octanol–water partition coefficient (Wildman–Crippen LogP) is 1.18. The Balaban J connectivity index is 1.62. The number of anilines is 1. The van der Waals surface area contributed by atoms with Crippen LogP contribution in [0.3, 0.4) is 0 Å². The zero-order valence-corrected chi connectivity index (χ0v) is 11.4. The van der Waals surface area contributed by atoms with E-state index in [0.717, 1.165) is 11.3 Å². The molecule has 0 saturated heterocycles. The van der Waals surface area contributed by atoms with Crippen LogP contribution in [0, 0.1) is 0 Å². The molecular formula is C14H14N4O3. The molecule has 21 heavy (non-hydrogen) atoms. The minimum Gasteiger partial charge on any atom is -0.454 e. The molecule has 0 atom stereocenters. The molecule has 0 fully saturated rings. The monoisotopic (exact) mass is 286 g/mol. The highest BCUT2D eigenvalue weighted by Gasteiger charge is 2.14. The van der Waals surface area contributed by atoms with Gasteiger partial charge in [-0.05, 0) is 17.7 Å². The average molecular weight is 286 g/mol. The summed E-state index contributed by atoms with van der Waals surface area (Å²) < 4.78 is 10.5. The molecule has 1 aliphatic heterocycles. The molecule has 0 unspecified atom stereocenters. The van der Waals surface area contributed by atoms with Gasteiger partial charge < -0.3 is 20.1 Å². The van der Waals surface area contributed by atoms with Crippen LogP contribution in [0.15, 0.2) is 30.6 Å². The molecular weight excluding hydrogens is 272 g/mol. The van der Waals surface area contributed by atoms with Gasteiger partial charge in [0.2, 0.25) is 6.79 Å². The van der Waals surface area contributed by atoms with E-state index in [4.69, 9.17) is 9.47 Å². The number of ether oxygens (including phenoxy) is 2. The molecule has 3 rings (SSSR count). The molecule has 1 aromatic heterocycles. The first-order valence-electron chi connectivity index (χ1n) is 6.43. The molecule has 2 aromatic rings. The summed E-state index contributed by atoms with van der Waals surface area (Å²) in [6.07, 6.45) is 2.94. The molecule has 0 spiro atoms. The number of hydrogen-bond acceptors (Lipinski definition) is 6. The summed E-state index contributed by atoms with van der Waals surface area (Å²) in [4.78, 5) is 20.0. The van der Waals surface area contributed by atoms with Crippen molar-refractivity contribution >= 4 is 11.7 Å². The number of hydrogen-bond donors (Lipinski definition) is 2. The standard InChI is InChI=1S/C14H14N4O3/c1-15-13-7-16-10(6-17-13)14(19)18-5-9-2-3-11-12(4-9)21-8-20-11/h2-4,6-7H,5,8H2,1H3,(H,15,17)(H,18,19). The fraction of sp³-hybridized carbons (Fsp3) is 0.214. The third-order valence-corrected chi connectivity index (χ3v) is 3.03. The Morgan fingerprint density at radius 2 is 2.10 bits per heavy atom. The van der Waals surface area contributed by atoms with Crippen molar-refractivity contribution in [3.63, 3.8) is 0 Å². The lowest BCUT2D eigenvalue weighted by Crippen LogP contribution is -2.24. The van der Waals surface area contributed by atoms with Crippen LogP contribution in [-0.2, 0) is 6.54 Å². The van der Waals surface area contributed by atoms with Gasteiger partial charge in [-0.2, -0.15) is 0 Å². The third kappa shape index (κ3) is 2.86. The summed E-state index contributed by atoms with van der Waals surface area (Å²) in [7, 11) is 1.74. The van der Waals surface area contributed by atoms with E-state index in [1.807, 2.05) is 18.2 Å². The van der Waals surface area contributed by atoms with E-state index >= 15 is 0 Å². The average Bonchev–Trinajstić information content (AvgIpc) is 3.00. The highest BCUT2D eigenvalue weighted by atomic mass is 16.7. The molecule has 7 heteroatoms. The van der Waals surface area contributed by atoms with Gasteiger partial charge in [0.15, 0.2) is 11.5 Å². The maximum atomic E-state index is 12.0. The molecule has 7 nitrogen and oxygen atoms in total. The molecule has 0 aliphatic carbocycles. The van der Waals surface area contributed by atoms with Crippen molar-refractivity contribution < 1.29 is 14.3 Å². The largest absolute Gasteiger partial charge is 0.454 e. The van der Waals surface area contributed by atoms with E-state index in [2.05, 4.69) is 20.6 Å². The zero-order chi connectivity index (χ0) is 14.7. The van der Waals surface area contributed by atoms with E-state index in [1.54, 1.807) is 7.05 Å². The molecule has 1 amide bonds. The van der Waals surface area contributed by atoms with Gasteiger partial charge in [0, 0.05) is 13.6 Å². The lowest BCUT2D eigenvalue weighted by molar-refractivity contribution is 0.0945. The number of benzene rings is 1. The Hall–Kier alpha value is -2.83. The van der Waals surface area contributed by atoms with E-state index < -0.39 is 0 Å². The number of rotatable bonds is 4. The smallest absolute Gasteiger partial charge is 0.271 e. The van der Waals surface area contributed by atoms with Crippen LogP contribution in [0.5, 0.6) is 11.5 Å². The maximum absolute atomic E-state index is 12.0. The second-order valence-electron chi connectivity index (χ2n) is 4.41. The van der Waals surface area contributed by atoms with Gasteiger partial charge in [0.25, 0.3) is 5.91 Å². The number of fused-ring (bicyclic) bond motifs is 1. The number of aromatic nitrogens is 2. The summed E-state index contributed by atoms with van der Waals surface area (Å²) in [5.41, 5.74) is 1.20. The highest BCUT2D eigenvalue weighted by Crippen LogP contribution is 2.32. The van der Waals surface area contributed by atoms with E-state index in [9.17, 15) is 4.79 Å². The van der Waals surface area contributed by atoms with Crippen molar-refractivity contribution in [3.05, 3.63) is 41.9 Å². The number of carbonyl (C=O) groups excluding carboxylic acids is 1. The number of nitrogens with one attached hydrogen (secondary N) is 2. The number of carbonyl (C=O) groups is 1. The van der Waals surface area contributed by atoms with Crippen molar-refractivity contribution in [1.29, 1.82) is 0 Å². The molecule has 108 valence electrons. The Bertz CT molecular complexity index is 658. The zero-order valence-electron chi connectivity index (χ0n) is 11.4. The normalized spacial score (nSPS) is 12.0. The minimum atomic E-state index is -0.275. The third-order valence-electron chi connectivity index (χ3n) is 3.03. The van der Waals surface area contributed by atoms with Crippen molar-refractivity contribution in [3.8, 4) is 11.5 Å². The lowest BCUT2D eigenvalue weighted by atomic mass is 10.2. The quantitative estimate of drug-likeness (QED) is 0.877. The topological polar surface area (TPSA) is 85.4 Å². The maximum Gasteiger partial charge on any atom is 0.271 e. The van der Waals surface area contributed by atoms with Crippen molar-refractivity contribution in [1.82, 2.24) is 15.3 Å². The highest BCUT2D eigenvalue weighted by molar-refractivity contribution is 5.91. The molecule has 1 aromatic carbocycles. The van der Waals surface area contributed by atoms with Gasteiger partial charge in [-0.1, -0.05) is 6.07 Å². The Morgan fingerprint density at radius 1 is 1.24 bits per heavy atom. The SMILES string of the molecule is CNc1cnc(C(=O)NCc2ccc3c(c2)OCO3)cn1. The van der Waals surface area contributed by atoms with Crippen LogP contribution in [-0.4, -0.2) is 29.7 Å². The second kappa shape index (κ2) is 5.66. The van der Waals surface area contributed by atoms with Crippen molar-refractivity contribution in [2.24, 2.45) is 0 Å². The first-order chi connectivity index (χ1) is 10.3. The summed E-state index contributed by atoms with van der Waals surface area (Å²) >= 11 is 0. The van der Waals surface area contributed by atoms with Gasteiger partial charge in [-0.15, -0.1) is 0 Å². The predicted molar refractivity (Wildman–Crippen MR) is 75.3 cm³/mol. The summed E-state index contributed by atoms with van der Waals surface area (Å²) in [6, 6.07) is 5.55. The minimum absolute atomic E-state index is 0.235. The van der Waals surface area contributed by atoms with E-state index in [-0.39, 0.29) is 18.4 Å². The molecule has 2 N–H and O–H groups in total. The van der Waals surface area contributed by atoms with E-state index in [0.29, 0.717) is 18.1 Å². The fourth-order valence-electron chi connectivity index (χ4n) is 1.90.